The quantitative estimate of drug-likeness (QED) is 0.346. The van der Waals surface area contributed by atoms with Gasteiger partial charge in [0.05, 0.1) is 6.61 Å². The fraction of sp³-hybridized carbons (Fsp3) is 0.222. The van der Waals surface area contributed by atoms with E-state index in [2.05, 4.69) is 0 Å². The first-order valence-corrected chi connectivity index (χ1v) is 4.09. The van der Waals surface area contributed by atoms with Crippen LogP contribution in [0.15, 0.2) is 24.3 Å². The first kappa shape index (κ1) is 10.5. The number of benzene rings is 1. The van der Waals surface area contributed by atoms with E-state index in [1.165, 1.54) is 0 Å². The average molecular weight is 196 g/mol. The number of para-hydroxylation sites is 1. The number of amides is 1. The minimum absolute atomic E-state index is 0.125. The molecular weight excluding hydrogens is 184 g/mol. The van der Waals surface area contributed by atoms with Gasteiger partial charge in [-0.05, 0) is 6.07 Å². The third-order valence-electron chi connectivity index (χ3n) is 1.66. The van der Waals surface area contributed by atoms with Crippen LogP contribution in [0.4, 0.5) is 0 Å². The number of aliphatic hydroxyl groups is 1. The molecule has 1 rings (SSSR count). The summed E-state index contributed by atoms with van der Waals surface area (Å²) < 4.78 is 5.13. The van der Waals surface area contributed by atoms with Gasteiger partial charge in [0.15, 0.2) is 6.61 Å². The molecule has 14 heavy (non-hydrogen) atoms. The van der Waals surface area contributed by atoms with Gasteiger partial charge in [0, 0.05) is 5.56 Å². The van der Waals surface area contributed by atoms with E-state index in [9.17, 15) is 4.79 Å². The van der Waals surface area contributed by atoms with Gasteiger partial charge in [-0.15, -0.1) is 0 Å². The largest absolute Gasteiger partial charge is 0.483 e. The lowest BCUT2D eigenvalue weighted by Gasteiger charge is -2.08. The van der Waals surface area contributed by atoms with Crippen molar-refractivity contribution in [1.29, 1.82) is 0 Å². The Morgan fingerprint density at radius 2 is 2.21 bits per heavy atom. The number of nitrogens with two attached hydrogens (primary N) is 1. The molecule has 0 saturated carbocycles. The zero-order chi connectivity index (χ0) is 10.4. The Labute approximate surface area is 81.5 Å². The number of hydrogen-bond acceptors (Lipinski definition) is 4. The van der Waals surface area contributed by atoms with Crippen molar-refractivity contribution in [2.45, 2.75) is 6.61 Å². The van der Waals surface area contributed by atoms with Crippen molar-refractivity contribution in [2.75, 3.05) is 6.61 Å². The van der Waals surface area contributed by atoms with Gasteiger partial charge in [-0.25, -0.2) is 5.84 Å². The third-order valence-corrected chi connectivity index (χ3v) is 1.66. The van der Waals surface area contributed by atoms with Crippen LogP contribution in [0.25, 0.3) is 0 Å². The van der Waals surface area contributed by atoms with E-state index in [0.29, 0.717) is 11.3 Å². The smallest absolute Gasteiger partial charge is 0.271 e. The molecule has 0 fully saturated rings. The number of rotatable bonds is 4. The van der Waals surface area contributed by atoms with Gasteiger partial charge in [-0.3, -0.25) is 10.2 Å². The van der Waals surface area contributed by atoms with Crippen LogP contribution in [-0.4, -0.2) is 17.6 Å². The molecule has 0 aliphatic heterocycles. The standard InChI is InChI=1S/C9H12N2O3/c10-11-9(13)6-14-8-4-2-1-3-7(8)5-12/h1-4,12H,5-6,10H2,(H,11,13). The minimum Gasteiger partial charge on any atom is -0.483 e. The zero-order valence-electron chi connectivity index (χ0n) is 7.56. The monoisotopic (exact) mass is 196 g/mol. The average Bonchev–Trinajstić information content (AvgIpc) is 2.26. The summed E-state index contributed by atoms with van der Waals surface area (Å²) in [6.07, 6.45) is 0. The first-order valence-electron chi connectivity index (χ1n) is 4.09. The maximum atomic E-state index is 10.8. The molecule has 0 radical (unpaired) electrons. The predicted molar refractivity (Wildman–Crippen MR) is 50.2 cm³/mol. The summed E-state index contributed by atoms with van der Waals surface area (Å²) in [5.41, 5.74) is 2.58. The molecule has 0 heterocycles. The van der Waals surface area contributed by atoms with E-state index < -0.39 is 5.91 Å². The molecule has 0 saturated heterocycles. The molecule has 1 aromatic rings. The molecule has 0 bridgehead atoms. The molecule has 0 spiro atoms. The van der Waals surface area contributed by atoms with E-state index in [-0.39, 0.29) is 13.2 Å². The first-order chi connectivity index (χ1) is 6.77. The van der Waals surface area contributed by atoms with Crippen LogP contribution < -0.4 is 16.0 Å². The molecule has 0 unspecified atom stereocenters. The Morgan fingerprint density at radius 3 is 2.86 bits per heavy atom. The van der Waals surface area contributed by atoms with Gasteiger partial charge in [-0.1, -0.05) is 18.2 Å². The topological polar surface area (TPSA) is 84.6 Å². The van der Waals surface area contributed by atoms with E-state index in [1.54, 1.807) is 24.3 Å². The van der Waals surface area contributed by atoms with Gasteiger partial charge in [0.1, 0.15) is 5.75 Å². The molecule has 5 nitrogen and oxygen atoms in total. The van der Waals surface area contributed by atoms with Crippen LogP contribution in [0.1, 0.15) is 5.56 Å². The molecule has 1 amide bonds. The summed E-state index contributed by atoms with van der Waals surface area (Å²) in [5.74, 6) is 4.94. The molecule has 76 valence electrons. The summed E-state index contributed by atoms with van der Waals surface area (Å²) in [6.45, 7) is -0.284. The number of nitrogens with one attached hydrogen (secondary N) is 1. The second kappa shape index (κ2) is 5.21. The number of aliphatic hydroxyl groups excluding tert-OH is 1. The Bertz CT molecular complexity index is 315. The van der Waals surface area contributed by atoms with E-state index >= 15 is 0 Å². The summed E-state index contributed by atoms with van der Waals surface area (Å²) in [4.78, 5) is 10.8. The van der Waals surface area contributed by atoms with Crippen molar-refractivity contribution in [3.8, 4) is 5.75 Å². The van der Waals surface area contributed by atoms with Gasteiger partial charge in [0.25, 0.3) is 5.91 Å². The van der Waals surface area contributed by atoms with Crippen molar-refractivity contribution in [3.05, 3.63) is 29.8 Å². The normalized spacial score (nSPS) is 9.57. The Kier molecular flexibility index (Phi) is 3.90. The van der Waals surface area contributed by atoms with Crippen LogP contribution in [0.2, 0.25) is 0 Å². The summed E-state index contributed by atoms with van der Waals surface area (Å²) in [5, 5.41) is 8.94. The lowest BCUT2D eigenvalue weighted by atomic mass is 10.2. The van der Waals surface area contributed by atoms with Crippen molar-refractivity contribution < 1.29 is 14.6 Å². The highest BCUT2D eigenvalue weighted by atomic mass is 16.5. The zero-order valence-corrected chi connectivity index (χ0v) is 7.56. The van der Waals surface area contributed by atoms with Crippen molar-refractivity contribution in [3.63, 3.8) is 0 Å². The van der Waals surface area contributed by atoms with Gasteiger partial charge >= 0.3 is 0 Å². The van der Waals surface area contributed by atoms with Gasteiger partial charge in [0.2, 0.25) is 0 Å². The highest BCUT2D eigenvalue weighted by Gasteiger charge is 2.03. The number of carbonyl (C=O) groups excluding carboxylic acids is 1. The van der Waals surface area contributed by atoms with Crippen LogP contribution in [0.3, 0.4) is 0 Å². The van der Waals surface area contributed by atoms with Crippen LogP contribution in [0, 0.1) is 0 Å². The Hall–Kier alpha value is -1.59. The van der Waals surface area contributed by atoms with Crippen molar-refractivity contribution in [2.24, 2.45) is 5.84 Å². The van der Waals surface area contributed by atoms with E-state index in [1.807, 2.05) is 5.43 Å². The molecule has 4 N–H and O–H groups in total. The molecular formula is C9H12N2O3. The second-order valence-electron chi connectivity index (χ2n) is 2.62. The Morgan fingerprint density at radius 1 is 1.50 bits per heavy atom. The SMILES string of the molecule is NNC(=O)COc1ccccc1CO. The summed E-state index contributed by atoms with van der Waals surface area (Å²) >= 11 is 0. The highest BCUT2D eigenvalue weighted by molar-refractivity contribution is 5.76. The Balaban J connectivity index is 2.61. The molecule has 0 aliphatic carbocycles. The van der Waals surface area contributed by atoms with Gasteiger partial charge in [-0.2, -0.15) is 0 Å². The predicted octanol–water partition coefficient (Wildman–Crippen LogP) is -0.452. The molecule has 0 aromatic heterocycles. The van der Waals surface area contributed by atoms with Crippen LogP contribution >= 0.6 is 0 Å². The summed E-state index contributed by atoms with van der Waals surface area (Å²) in [7, 11) is 0. The van der Waals surface area contributed by atoms with Crippen LogP contribution in [-0.2, 0) is 11.4 Å². The number of carbonyl (C=O) groups is 1. The maximum absolute atomic E-state index is 10.8. The lowest BCUT2D eigenvalue weighted by Crippen LogP contribution is -2.34. The van der Waals surface area contributed by atoms with Crippen molar-refractivity contribution >= 4 is 5.91 Å². The minimum atomic E-state index is -0.419. The number of hydrogen-bond donors (Lipinski definition) is 3. The fourth-order valence-electron chi connectivity index (χ4n) is 0.960. The molecule has 1 aromatic carbocycles. The van der Waals surface area contributed by atoms with E-state index in [0.717, 1.165) is 0 Å². The van der Waals surface area contributed by atoms with E-state index in [4.69, 9.17) is 15.7 Å². The van der Waals surface area contributed by atoms with Crippen LogP contribution in [0.5, 0.6) is 5.75 Å². The molecule has 5 heteroatoms. The van der Waals surface area contributed by atoms with Gasteiger partial charge < -0.3 is 9.84 Å². The van der Waals surface area contributed by atoms with Crippen molar-refractivity contribution in [1.82, 2.24) is 5.43 Å². The summed E-state index contributed by atoms with van der Waals surface area (Å²) in [6, 6.07) is 6.93. The molecule has 0 atom stereocenters. The fourth-order valence-corrected chi connectivity index (χ4v) is 0.960. The third kappa shape index (κ3) is 2.72. The second-order valence-corrected chi connectivity index (χ2v) is 2.62. The highest BCUT2D eigenvalue weighted by Crippen LogP contribution is 2.17. The lowest BCUT2D eigenvalue weighted by molar-refractivity contribution is -0.123. The maximum Gasteiger partial charge on any atom is 0.271 e. The number of ether oxygens (including phenoxy) is 1. The molecule has 0 aliphatic rings. The number of hydrazine groups is 1.